The minimum absolute atomic E-state index is 0.0402. The smallest absolute Gasteiger partial charge is 0.387 e. The van der Waals surface area contributed by atoms with E-state index in [4.69, 9.17) is 11.6 Å². The number of hydrogen-bond donors (Lipinski definition) is 1. The van der Waals surface area contributed by atoms with Crippen molar-refractivity contribution in [1.29, 1.82) is 0 Å². The molecule has 1 heterocycles. The first-order valence-corrected chi connectivity index (χ1v) is 6.36. The first kappa shape index (κ1) is 14.5. The maximum atomic E-state index is 12.0. The van der Waals surface area contributed by atoms with Crippen LogP contribution in [0.1, 0.15) is 18.5 Å². The van der Waals surface area contributed by atoms with Crippen LogP contribution in [0.3, 0.4) is 0 Å². The number of anilines is 1. The SMILES string of the molecule is CC(Nc1cccc(Cl)n1)c1ccc(OC(F)F)cc1. The molecule has 106 valence electrons. The molecule has 0 saturated carbocycles. The number of pyridine rings is 1. The number of alkyl halides is 2. The largest absolute Gasteiger partial charge is 0.435 e. The van der Waals surface area contributed by atoms with Gasteiger partial charge in [0.15, 0.2) is 0 Å². The summed E-state index contributed by atoms with van der Waals surface area (Å²) in [6.07, 6.45) is 0. The van der Waals surface area contributed by atoms with Gasteiger partial charge in [-0.15, -0.1) is 0 Å². The fraction of sp³-hybridized carbons (Fsp3) is 0.214. The van der Waals surface area contributed by atoms with Crippen LogP contribution in [0, 0.1) is 0 Å². The van der Waals surface area contributed by atoms with Gasteiger partial charge >= 0.3 is 6.61 Å². The summed E-state index contributed by atoms with van der Waals surface area (Å²) in [5.41, 5.74) is 0.924. The van der Waals surface area contributed by atoms with Gasteiger partial charge in [0.25, 0.3) is 0 Å². The van der Waals surface area contributed by atoms with E-state index in [1.165, 1.54) is 12.1 Å². The number of aromatic nitrogens is 1. The zero-order chi connectivity index (χ0) is 14.5. The molecular weight excluding hydrogens is 286 g/mol. The van der Waals surface area contributed by atoms with E-state index in [2.05, 4.69) is 15.0 Å². The molecule has 0 aliphatic carbocycles. The summed E-state index contributed by atoms with van der Waals surface area (Å²) in [6, 6.07) is 11.7. The molecular formula is C14H13ClF2N2O. The monoisotopic (exact) mass is 298 g/mol. The normalized spacial score (nSPS) is 12.2. The molecule has 0 radical (unpaired) electrons. The van der Waals surface area contributed by atoms with Gasteiger partial charge < -0.3 is 10.1 Å². The van der Waals surface area contributed by atoms with Gasteiger partial charge in [0.05, 0.1) is 0 Å². The van der Waals surface area contributed by atoms with Crippen LogP contribution in [0.15, 0.2) is 42.5 Å². The van der Waals surface area contributed by atoms with Crippen molar-refractivity contribution < 1.29 is 13.5 Å². The lowest BCUT2D eigenvalue weighted by Crippen LogP contribution is -2.08. The van der Waals surface area contributed by atoms with E-state index >= 15 is 0 Å². The Morgan fingerprint density at radius 1 is 1.15 bits per heavy atom. The number of nitrogens with one attached hydrogen (secondary N) is 1. The number of benzene rings is 1. The van der Waals surface area contributed by atoms with Crippen molar-refractivity contribution in [1.82, 2.24) is 4.98 Å². The topological polar surface area (TPSA) is 34.2 Å². The maximum absolute atomic E-state index is 12.0. The Balaban J connectivity index is 2.03. The molecule has 0 spiro atoms. The fourth-order valence-electron chi connectivity index (χ4n) is 1.73. The minimum atomic E-state index is -2.81. The van der Waals surface area contributed by atoms with E-state index in [1.807, 2.05) is 6.92 Å². The van der Waals surface area contributed by atoms with Gasteiger partial charge in [-0.2, -0.15) is 8.78 Å². The standard InChI is InChI=1S/C14H13ClF2N2O/c1-9(18-13-4-2-3-12(15)19-13)10-5-7-11(8-6-10)20-14(16)17/h2-9,14H,1H3,(H,18,19). The number of nitrogens with zero attached hydrogens (tertiary/aromatic N) is 1. The highest BCUT2D eigenvalue weighted by atomic mass is 35.5. The first-order chi connectivity index (χ1) is 9.54. The third-order valence-corrected chi connectivity index (χ3v) is 2.90. The van der Waals surface area contributed by atoms with Gasteiger partial charge in [0, 0.05) is 6.04 Å². The lowest BCUT2D eigenvalue weighted by molar-refractivity contribution is -0.0498. The van der Waals surface area contributed by atoms with E-state index in [0.29, 0.717) is 11.0 Å². The summed E-state index contributed by atoms with van der Waals surface area (Å²) in [4.78, 5) is 4.13. The summed E-state index contributed by atoms with van der Waals surface area (Å²) in [7, 11) is 0. The molecule has 20 heavy (non-hydrogen) atoms. The quantitative estimate of drug-likeness (QED) is 0.825. The van der Waals surface area contributed by atoms with E-state index in [-0.39, 0.29) is 11.8 Å². The molecule has 0 amide bonds. The average molecular weight is 299 g/mol. The number of rotatable bonds is 5. The molecule has 1 aromatic carbocycles. The number of ether oxygens (including phenoxy) is 1. The summed E-state index contributed by atoms with van der Waals surface area (Å²) < 4.78 is 28.4. The van der Waals surface area contributed by atoms with E-state index < -0.39 is 6.61 Å². The molecule has 6 heteroatoms. The highest BCUT2D eigenvalue weighted by Gasteiger charge is 2.08. The summed E-state index contributed by atoms with van der Waals surface area (Å²) in [5.74, 6) is 0.787. The van der Waals surface area contributed by atoms with Gasteiger partial charge in [-0.3, -0.25) is 0 Å². The van der Waals surface area contributed by atoms with Crippen molar-refractivity contribution in [2.45, 2.75) is 19.6 Å². The van der Waals surface area contributed by atoms with Gasteiger partial charge in [0.1, 0.15) is 16.7 Å². The molecule has 2 rings (SSSR count). The average Bonchev–Trinajstić information content (AvgIpc) is 2.38. The van der Waals surface area contributed by atoms with Crippen molar-refractivity contribution in [3.63, 3.8) is 0 Å². The van der Waals surface area contributed by atoms with Gasteiger partial charge in [-0.25, -0.2) is 4.98 Å². The van der Waals surface area contributed by atoms with Crippen LogP contribution in [-0.2, 0) is 0 Å². The zero-order valence-electron chi connectivity index (χ0n) is 10.7. The van der Waals surface area contributed by atoms with Crippen LogP contribution in [0.4, 0.5) is 14.6 Å². The predicted molar refractivity (Wildman–Crippen MR) is 74.4 cm³/mol. The van der Waals surface area contributed by atoms with Crippen LogP contribution < -0.4 is 10.1 Å². The van der Waals surface area contributed by atoms with Crippen molar-refractivity contribution in [3.05, 3.63) is 53.2 Å². The molecule has 0 bridgehead atoms. The lowest BCUT2D eigenvalue weighted by Gasteiger charge is -2.15. The Bertz CT molecular complexity index is 563. The van der Waals surface area contributed by atoms with Crippen LogP contribution in [0.25, 0.3) is 0 Å². The molecule has 3 nitrogen and oxygen atoms in total. The third kappa shape index (κ3) is 4.06. The van der Waals surface area contributed by atoms with Gasteiger partial charge in [-0.05, 0) is 36.8 Å². The fourth-order valence-corrected chi connectivity index (χ4v) is 1.90. The van der Waals surface area contributed by atoms with Crippen molar-refractivity contribution in [3.8, 4) is 5.75 Å². The van der Waals surface area contributed by atoms with Crippen LogP contribution in [0.5, 0.6) is 5.75 Å². The van der Waals surface area contributed by atoms with Crippen molar-refractivity contribution >= 4 is 17.4 Å². The highest BCUT2D eigenvalue weighted by molar-refractivity contribution is 6.29. The Kier molecular flexibility index (Phi) is 4.74. The third-order valence-electron chi connectivity index (χ3n) is 2.68. The molecule has 0 fully saturated rings. The number of hydrogen-bond acceptors (Lipinski definition) is 3. The van der Waals surface area contributed by atoms with Crippen LogP contribution in [-0.4, -0.2) is 11.6 Å². The zero-order valence-corrected chi connectivity index (χ0v) is 11.4. The summed E-state index contributed by atoms with van der Waals surface area (Å²) in [5, 5.41) is 3.58. The second kappa shape index (κ2) is 6.52. The van der Waals surface area contributed by atoms with Gasteiger partial charge in [0.2, 0.25) is 0 Å². The first-order valence-electron chi connectivity index (χ1n) is 5.98. The van der Waals surface area contributed by atoms with Crippen LogP contribution in [0.2, 0.25) is 5.15 Å². The van der Waals surface area contributed by atoms with E-state index in [1.54, 1.807) is 30.3 Å². The highest BCUT2D eigenvalue weighted by Crippen LogP contribution is 2.22. The molecule has 1 aromatic heterocycles. The molecule has 1 N–H and O–H groups in total. The number of halogens is 3. The predicted octanol–water partition coefficient (Wildman–Crippen LogP) is 4.51. The molecule has 1 atom stereocenters. The second-order valence-electron chi connectivity index (χ2n) is 4.16. The summed E-state index contributed by atoms with van der Waals surface area (Å²) in [6.45, 7) is -0.877. The molecule has 1 unspecified atom stereocenters. The molecule has 0 saturated heterocycles. The Hall–Kier alpha value is -1.88. The van der Waals surface area contributed by atoms with Crippen molar-refractivity contribution in [2.24, 2.45) is 0 Å². The Labute approximate surface area is 120 Å². The summed E-state index contributed by atoms with van der Waals surface area (Å²) >= 11 is 5.80. The Morgan fingerprint density at radius 3 is 2.45 bits per heavy atom. The molecule has 0 aliphatic rings. The van der Waals surface area contributed by atoms with Gasteiger partial charge in [-0.1, -0.05) is 29.8 Å². The second-order valence-corrected chi connectivity index (χ2v) is 4.55. The van der Waals surface area contributed by atoms with Crippen LogP contribution >= 0.6 is 11.6 Å². The molecule has 0 aliphatic heterocycles. The van der Waals surface area contributed by atoms with E-state index in [9.17, 15) is 8.78 Å². The van der Waals surface area contributed by atoms with E-state index in [0.717, 1.165) is 5.56 Å². The lowest BCUT2D eigenvalue weighted by atomic mass is 10.1. The Morgan fingerprint density at radius 2 is 1.85 bits per heavy atom. The minimum Gasteiger partial charge on any atom is -0.435 e. The molecule has 2 aromatic rings. The van der Waals surface area contributed by atoms with Crippen molar-refractivity contribution in [2.75, 3.05) is 5.32 Å². The maximum Gasteiger partial charge on any atom is 0.387 e.